The van der Waals surface area contributed by atoms with Crippen LogP contribution in [-0.4, -0.2) is 64.0 Å². The second-order valence-electron chi connectivity index (χ2n) is 13.0. The Hall–Kier alpha value is -3.87. The number of benzene rings is 1. The van der Waals surface area contributed by atoms with E-state index in [1.807, 2.05) is 58.6 Å². The summed E-state index contributed by atoms with van der Waals surface area (Å²) in [5.41, 5.74) is 2.79. The molecule has 6 rings (SSSR count). The summed E-state index contributed by atoms with van der Waals surface area (Å²) in [4.78, 5) is 28.5. The third-order valence-electron chi connectivity index (χ3n) is 8.71. The smallest absolute Gasteiger partial charge is 0.257 e. The van der Waals surface area contributed by atoms with Gasteiger partial charge >= 0.3 is 0 Å². The van der Waals surface area contributed by atoms with Crippen molar-refractivity contribution in [1.29, 1.82) is 0 Å². The van der Waals surface area contributed by atoms with E-state index in [9.17, 15) is 13.7 Å². The van der Waals surface area contributed by atoms with Gasteiger partial charge in [0.25, 0.3) is 5.91 Å². The van der Waals surface area contributed by atoms with Gasteiger partial charge in [-0.3, -0.25) is 4.79 Å². The zero-order valence-corrected chi connectivity index (χ0v) is 27.1. The number of piperidine rings is 1. The number of carbonyl (C=O) groups is 1. The van der Waals surface area contributed by atoms with Gasteiger partial charge in [0.1, 0.15) is 16.7 Å². The maximum atomic E-state index is 13.7. The zero-order chi connectivity index (χ0) is 32.1. The molecule has 2 aliphatic rings. The van der Waals surface area contributed by atoms with Crippen molar-refractivity contribution in [2.75, 3.05) is 13.1 Å². The highest BCUT2D eigenvalue weighted by molar-refractivity contribution is 7.90. The number of halogens is 1. The second kappa shape index (κ2) is 11.8. The van der Waals surface area contributed by atoms with E-state index >= 15 is 0 Å². The van der Waals surface area contributed by atoms with Crippen LogP contribution in [0.5, 0.6) is 5.88 Å². The van der Waals surface area contributed by atoms with Crippen LogP contribution in [0.3, 0.4) is 0 Å². The lowest BCUT2D eigenvalue weighted by Gasteiger charge is -2.35. The number of amides is 1. The molecule has 1 aliphatic carbocycles. The molecule has 0 spiro atoms. The first-order valence-electron chi connectivity index (χ1n) is 15.1. The summed E-state index contributed by atoms with van der Waals surface area (Å²) in [6.07, 6.45) is 5.54. The number of hydrogen-bond donors (Lipinski definition) is 1. The molecule has 45 heavy (non-hydrogen) atoms. The summed E-state index contributed by atoms with van der Waals surface area (Å²) in [7, 11) is 0. The average molecular weight is 632 g/mol. The molecule has 1 N–H and O–H groups in total. The largest absolute Gasteiger partial charge is 0.598 e. The molecule has 1 aliphatic heterocycles. The van der Waals surface area contributed by atoms with Gasteiger partial charge in [-0.15, -0.1) is 4.72 Å². The molecule has 10 nitrogen and oxygen atoms in total. The van der Waals surface area contributed by atoms with Crippen LogP contribution in [-0.2, 0) is 16.9 Å². The van der Waals surface area contributed by atoms with Gasteiger partial charge in [-0.2, -0.15) is 5.10 Å². The SMILES string of the molecule is CCC(C)(N[S+]([O-])C(C)(C)C)c1cc(O[C@@H]2[C@@H]3CN(C(=O)c4cn(-c5ncccn5)nc4C)C[C@@H]32)nc(-c2ccc(F)cc2)c1. The highest BCUT2D eigenvalue weighted by Crippen LogP contribution is 2.48. The Balaban J connectivity index is 1.20. The molecule has 0 radical (unpaired) electrons. The molecule has 1 aromatic carbocycles. The molecule has 1 saturated heterocycles. The molecule has 4 heterocycles. The first-order chi connectivity index (χ1) is 21.4. The van der Waals surface area contributed by atoms with Crippen molar-refractivity contribution in [3.8, 4) is 23.1 Å². The zero-order valence-electron chi connectivity index (χ0n) is 26.3. The normalized spacial score (nSPS) is 21.2. The van der Waals surface area contributed by atoms with E-state index in [-0.39, 0.29) is 29.7 Å². The molecule has 4 aromatic rings. The summed E-state index contributed by atoms with van der Waals surface area (Å²) >= 11 is -1.32. The minimum Gasteiger partial charge on any atom is -0.598 e. The predicted octanol–water partition coefficient (Wildman–Crippen LogP) is 5.00. The van der Waals surface area contributed by atoms with Crippen LogP contribution in [0, 0.1) is 24.6 Å². The van der Waals surface area contributed by atoms with Gasteiger partial charge in [-0.25, -0.2) is 24.0 Å². The van der Waals surface area contributed by atoms with E-state index in [2.05, 4.69) is 19.8 Å². The molecule has 2 unspecified atom stereocenters. The van der Waals surface area contributed by atoms with E-state index in [0.29, 0.717) is 48.3 Å². The monoisotopic (exact) mass is 631 g/mol. The van der Waals surface area contributed by atoms with Gasteiger partial charge in [0, 0.05) is 66.5 Å². The topological polar surface area (TPSA) is 121 Å². The lowest BCUT2D eigenvalue weighted by atomic mass is 9.90. The Labute approximate surface area is 265 Å². The van der Waals surface area contributed by atoms with Gasteiger partial charge in [0.2, 0.25) is 11.8 Å². The first-order valence-corrected chi connectivity index (χ1v) is 16.3. The Kier molecular flexibility index (Phi) is 8.17. The molecule has 236 valence electrons. The molecule has 1 amide bonds. The van der Waals surface area contributed by atoms with Crippen LogP contribution in [0.15, 0.2) is 61.1 Å². The summed E-state index contributed by atoms with van der Waals surface area (Å²) in [6, 6.07) is 11.8. The summed E-state index contributed by atoms with van der Waals surface area (Å²) in [5, 5.41) is 4.44. The highest BCUT2D eigenvalue weighted by atomic mass is 32.2. The number of likely N-dealkylation sites (tertiary alicyclic amines) is 1. The predicted molar refractivity (Wildman–Crippen MR) is 169 cm³/mol. The van der Waals surface area contributed by atoms with E-state index < -0.39 is 21.6 Å². The molecule has 12 heteroatoms. The van der Waals surface area contributed by atoms with Gasteiger partial charge in [0.05, 0.1) is 22.5 Å². The van der Waals surface area contributed by atoms with Crippen LogP contribution in [0.2, 0.25) is 0 Å². The van der Waals surface area contributed by atoms with Crippen LogP contribution in [0.25, 0.3) is 17.2 Å². The average Bonchev–Trinajstić information content (AvgIpc) is 3.32. The van der Waals surface area contributed by atoms with Gasteiger partial charge in [-0.1, -0.05) is 6.92 Å². The maximum Gasteiger partial charge on any atom is 0.257 e. The number of hydrogen-bond acceptors (Lipinski definition) is 8. The van der Waals surface area contributed by atoms with Crippen molar-refractivity contribution < 1.29 is 18.5 Å². The number of nitrogens with zero attached hydrogens (tertiary/aromatic N) is 6. The molecule has 2 fully saturated rings. The molecular formula is C33H38FN7O3S. The number of pyridine rings is 1. The van der Waals surface area contributed by atoms with Crippen molar-refractivity contribution in [3.63, 3.8) is 0 Å². The van der Waals surface area contributed by atoms with E-state index in [0.717, 1.165) is 11.1 Å². The molecule has 0 bridgehead atoms. The van der Waals surface area contributed by atoms with Crippen LogP contribution in [0.1, 0.15) is 62.7 Å². The standard InChI is InChI=1S/C33H38FN7O3S/c1-7-33(6,39-45(43)32(3,4)5)22-15-27(21-9-11-23(34)12-10-21)37-28(16-22)44-29-25-17-40(18-26(25)29)30(42)24-19-41(38-20(24)2)31-35-13-8-14-36-31/h8-16,19,25-26,29,39H,7,17-18H2,1-6H3/t25-,26+,29-,33?,45?. The number of rotatable bonds is 9. The Bertz CT molecular complexity index is 1680. The molecular weight excluding hydrogens is 593 g/mol. The fraction of sp³-hybridized carbons (Fsp3) is 0.424. The highest BCUT2D eigenvalue weighted by Gasteiger charge is 2.59. The Morgan fingerprint density at radius 3 is 2.40 bits per heavy atom. The van der Waals surface area contributed by atoms with Crippen molar-refractivity contribution >= 4 is 17.3 Å². The summed E-state index contributed by atoms with van der Waals surface area (Å²) in [5.74, 6) is 0.832. The molecule has 5 atom stereocenters. The second-order valence-corrected chi connectivity index (χ2v) is 15.0. The Morgan fingerprint density at radius 2 is 1.78 bits per heavy atom. The van der Waals surface area contributed by atoms with Gasteiger partial charge in [0.15, 0.2) is 0 Å². The first kappa shape index (κ1) is 31.1. The number of fused-ring (bicyclic) bond motifs is 1. The van der Waals surface area contributed by atoms with E-state index in [1.54, 1.807) is 36.8 Å². The lowest BCUT2D eigenvalue weighted by Crippen LogP contribution is -2.49. The minimum atomic E-state index is -1.32. The van der Waals surface area contributed by atoms with Crippen molar-refractivity contribution in [3.05, 3.63) is 83.7 Å². The number of nitrogens with one attached hydrogen (secondary N) is 1. The van der Waals surface area contributed by atoms with Gasteiger partial charge < -0.3 is 14.2 Å². The fourth-order valence-electron chi connectivity index (χ4n) is 5.65. The molecule has 1 saturated carbocycles. The summed E-state index contributed by atoms with van der Waals surface area (Å²) in [6.45, 7) is 12.8. The van der Waals surface area contributed by atoms with E-state index in [4.69, 9.17) is 9.72 Å². The van der Waals surface area contributed by atoms with Crippen molar-refractivity contribution in [2.24, 2.45) is 11.8 Å². The number of carbonyl (C=O) groups excluding carboxylic acids is 1. The minimum absolute atomic E-state index is 0.0732. The van der Waals surface area contributed by atoms with Gasteiger partial charge in [-0.05, 0) is 83.0 Å². The number of ether oxygens (including phenoxy) is 1. The van der Waals surface area contributed by atoms with Crippen molar-refractivity contribution in [1.82, 2.24) is 34.4 Å². The van der Waals surface area contributed by atoms with Crippen LogP contribution >= 0.6 is 0 Å². The lowest BCUT2D eigenvalue weighted by molar-refractivity contribution is 0.0751. The fourth-order valence-corrected chi connectivity index (χ4v) is 6.63. The quantitative estimate of drug-likeness (QED) is 0.256. The number of aryl methyl sites for hydroxylation is 1. The Morgan fingerprint density at radius 1 is 1.11 bits per heavy atom. The third-order valence-corrected chi connectivity index (χ3v) is 10.5. The van der Waals surface area contributed by atoms with E-state index in [1.165, 1.54) is 16.8 Å². The molecule has 3 aromatic heterocycles. The maximum absolute atomic E-state index is 13.7. The van der Waals surface area contributed by atoms with Crippen LogP contribution < -0.4 is 9.46 Å². The summed E-state index contributed by atoms with van der Waals surface area (Å²) < 4.78 is 37.8. The number of aromatic nitrogens is 5. The van der Waals surface area contributed by atoms with Crippen molar-refractivity contribution in [2.45, 2.75) is 64.4 Å². The third kappa shape index (κ3) is 6.31. The van der Waals surface area contributed by atoms with Crippen LogP contribution in [0.4, 0.5) is 4.39 Å².